The van der Waals surface area contributed by atoms with Crippen LogP contribution in [0.15, 0.2) is 21.7 Å². The van der Waals surface area contributed by atoms with Crippen molar-refractivity contribution in [2.24, 2.45) is 5.10 Å². The Hall–Kier alpha value is -1.81. The standard InChI is InChI=1S/C16H20N2O2/c1-11-8-14-13(3)16(20-15(14)9-12(11)2)10-17-18-4-6-19-7-5-18/h8-10H,4-7H2,1-3H3/b17-10+. The molecule has 4 heteroatoms. The Labute approximate surface area is 119 Å². The van der Waals surface area contributed by atoms with Crippen molar-refractivity contribution < 1.29 is 9.15 Å². The van der Waals surface area contributed by atoms with E-state index in [1.165, 1.54) is 16.5 Å². The monoisotopic (exact) mass is 272 g/mol. The van der Waals surface area contributed by atoms with Gasteiger partial charge in [-0.15, -0.1) is 0 Å². The summed E-state index contributed by atoms with van der Waals surface area (Å²) in [4.78, 5) is 0. The maximum absolute atomic E-state index is 5.92. The van der Waals surface area contributed by atoms with Crippen LogP contribution in [0.2, 0.25) is 0 Å². The molecule has 4 nitrogen and oxygen atoms in total. The van der Waals surface area contributed by atoms with Crippen LogP contribution in [0.4, 0.5) is 0 Å². The van der Waals surface area contributed by atoms with Gasteiger partial charge in [0.2, 0.25) is 0 Å². The minimum atomic E-state index is 0.745. The molecule has 0 amide bonds. The topological polar surface area (TPSA) is 38.0 Å². The van der Waals surface area contributed by atoms with Gasteiger partial charge in [0, 0.05) is 10.9 Å². The fourth-order valence-electron chi connectivity index (χ4n) is 2.42. The smallest absolute Gasteiger partial charge is 0.151 e. The van der Waals surface area contributed by atoms with Gasteiger partial charge in [0.15, 0.2) is 5.76 Å². The van der Waals surface area contributed by atoms with E-state index in [1.54, 1.807) is 0 Å². The minimum absolute atomic E-state index is 0.745. The molecule has 0 radical (unpaired) electrons. The van der Waals surface area contributed by atoms with Crippen molar-refractivity contribution in [3.05, 3.63) is 34.6 Å². The van der Waals surface area contributed by atoms with Crippen molar-refractivity contribution in [3.8, 4) is 0 Å². The van der Waals surface area contributed by atoms with Crippen LogP contribution in [0.25, 0.3) is 11.0 Å². The lowest BCUT2D eigenvalue weighted by Crippen LogP contribution is -2.32. The lowest BCUT2D eigenvalue weighted by atomic mass is 10.1. The molecular formula is C16H20N2O2. The van der Waals surface area contributed by atoms with E-state index in [9.17, 15) is 0 Å². The van der Waals surface area contributed by atoms with Gasteiger partial charge in [0.25, 0.3) is 0 Å². The Morgan fingerprint density at radius 1 is 1.10 bits per heavy atom. The minimum Gasteiger partial charge on any atom is -0.455 e. The predicted octanol–water partition coefficient (Wildman–Crippen LogP) is 3.02. The number of nitrogens with zero attached hydrogens (tertiary/aromatic N) is 2. The highest BCUT2D eigenvalue weighted by molar-refractivity contribution is 5.91. The third-order valence-corrected chi connectivity index (χ3v) is 3.92. The van der Waals surface area contributed by atoms with E-state index in [-0.39, 0.29) is 0 Å². The van der Waals surface area contributed by atoms with Gasteiger partial charge in [-0.2, -0.15) is 5.10 Å². The van der Waals surface area contributed by atoms with Crippen LogP contribution in [0, 0.1) is 20.8 Å². The maximum atomic E-state index is 5.92. The summed E-state index contributed by atoms with van der Waals surface area (Å²) in [5, 5.41) is 7.69. The normalized spacial score (nSPS) is 16.4. The molecule has 1 aliphatic rings. The molecule has 20 heavy (non-hydrogen) atoms. The Morgan fingerprint density at radius 2 is 1.80 bits per heavy atom. The molecule has 0 N–H and O–H groups in total. The third-order valence-electron chi connectivity index (χ3n) is 3.92. The van der Waals surface area contributed by atoms with Crippen LogP contribution in [0.5, 0.6) is 0 Å². The summed E-state index contributed by atoms with van der Waals surface area (Å²) < 4.78 is 11.2. The number of benzene rings is 1. The Morgan fingerprint density at radius 3 is 2.55 bits per heavy atom. The van der Waals surface area contributed by atoms with Gasteiger partial charge < -0.3 is 9.15 Å². The zero-order valence-corrected chi connectivity index (χ0v) is 12.3. The van der Waals surface area contributed by atoms with Gasteiger partial charge in [-0.1, -0.05) is 0 Å². The van der Waals surface area contributed by atoms with Gasteiger partial charge in [0.05, 0.1) is 32.5 Å². The van der Waals surface area contributed by atoms with Gasteiger partial charge in [-0.25, -0.2) is 0 Å². The molecule has 0 bridgehead atoms. The largest absolute Gasteiger partial charge is 0.455 e. The van der Waals surface area contributed by atoms with Gasteiger partial charge >= 0.3 is 0 Å². The zero-order valence-electron chi connectivity index (χ0n) is 12.3. The second kappa shape index (κ2) is 5.29. The molecule has 0 saturated carbocycles. The van der Waals surface area contributed by atoms with E-state index >= 15 is 0 Å². The number of ether oxygens (including phenoxy) is 1. The molecule has 1 aromatic carbocycles. The van der Waals surface area contributed by atoms with Crippen LogP contribution >= 0.6 is 0 Å². The zero-order chi connectivity index (χ0) is 14.1. The van der Waals surface area contributed by atoms with Crippen LogP contribution in [0.3, 0.4) is 0 Å². The van der Waals surface area contributed by atoms with E-state index in [2.05, 4.69) is 38.0 Å². The summed E-state index contributed by atoms with van der Waals surface area (Å²) in [5.74, 6) is 0.844. The number of hydrazone groups is 1. The molecule has 1 aliphatic heterocycles. The molecule has 0 atom stereocenters. The first-order valence-electron chi connectivity index (χ1n) is 7.02. The van der Waals surface area contributed by atoms with Crippen LogP contribution in [0.1, 0.15) is 22.5 Å². The highest BCUT2D eigenvalue weighted by Gasteiger charge is 2.11. The molecule has 3 rings (SSSR count). The number of furan rings is 1. The third kappa shape index (κ3) is 2.43. The van der Waals surface area contributed by atoms with E-state index < -0.39 is 0 Å². The molecule has 0 unspecified atom stereocenters. The number of aryl methyl sites for hydroxylation is 3. The Bertz CT molecular complexity index is 652. The lowest BCUT2D eigenvalue weighted by molar-refractivity contribution is 0.0396. The summed E-state index contributed by atoms with van der Waals surface area (Å²) in [5.41, 5.74) is 4.63. The fraction of sp³-hybridized carbons (Fsp3) is 0.438. The van der Waals surface area contributed by atoms with E-state index in [0.29, 0.717) is 0 Å². The molecule has 0 spiro atoms. The molecule has 1 aromatic heterocycles. The molecular weight excluding hydrogens is 252 g/mol. The second-order valence-corrected chi connectivity index (χ2v) is 5.33. The average molecular weight is 272 g/mol. The molecule has 2 heterocycles. The summed E-state index contributed by atoms with van der Waals surface area (Å²) in [6, 6.07) is 4.29. The number of rotatable bonds is 2. The van der Waals surface area contributed by atoms with Crippen molar-refractivity contribution >= 4 is 17.2 Å². The number of hydrogen-bond donors (Lipinski definition) is 0. The van der Waals surface area contributed by atoms with Crippen molar-refractivity contribution in [1.29, 1.82) is 0 Å². The first-order chi connectivity index (χ1) is 9.65. The van der Waals surface area contributed by atoms with Crippen LogP contribution < -0.4 is 0 Å². The SMILES string of the molecule is Cc1cc2oc(/C=N/N3CCOCC3)c(C)c2cc1C. The highest BCUT2D eigenvalue weighted by atomic mass is 16.5. The van der Waals surface area contributed by atoms with E-state index in [1.807, 2.05) is 11.2 Å². The van der Waals surface area contributed by atoms with Gasteiger partial charge in [-0.05, 0) is 44.0 Å². The maximum Gasteiger partial charge on any atom is 0.151 e. The molecule has 106 valence electrons. The van der Waals surface area contributed by atoms with Crippen LogP contribution in [-0.2, 0) is 4.74 Å². The van der Waals surface area contributed by atoms with Crippen molar-refractivity contribution in [1.82, 2.24) is 5.01 Å². The summed E-state index contributed by atoms with van der Waals surface area (Å²) in [6.45, 7) is 9.49. The fourth-order valence-corrected chi connectivity index (χ4v) is 2.42. The molecule has 1 saturated heterocycles. The first-order valence-corrected chi connectivity index (χ1v) is 7.02. The first kappa shape index (κ1) is 13.2. The van der Waals surface area contributed by atoms with Crippen molar-refractivity contribution in [2.45, 2.75) is 20.8 Å². The number of hydrogen-bond acceptors (Lipinski definition) is 4. The van der Waals surface area contributed by atoms with Gasteiger partial charge in [0.1, 0.15) is 5.58 Å². The quantitative estimate of drug-likeness (QED) is 0.789. The summed E-state index contributed by atoms with van der Waals surface area (Å²) in [7, 11) is 0. The lowest BCUT2D eigenvalue weighted by Gasteiger charge is -2.23. The van der Waals surface area contributed by atoms with E-state index in [4.69, 9.17) is 9.15 Å². The van der Waals surface area contributed by atoms with E-state index in [0.717, 1.165) is 43.2 Å². The number of fused-ring (bicyclic) bond motifs is 1. The summed E-state index contributed by atoms with van der Waals surface area (Å²) >= 11 is 0. The van der Waals surface area contributed by atoms with Crippen LogP contribution in [-0.4, -0.2) is 37.5 Å². The molecule has 0 aliphatic carbocycles. The predicted molar refractivity (Wildman–Crippen MR) is 80.4 cm³/mol. The second-order valence-electron chi connectivity index (χ2n) is 5.33. The summed E-state index contributed by atoms with van der Waals surface area (Å²) in [6.07, 6.45) is 1.82. The average Bonchev–Trinajstić information content (AvgIpc) is 2.75. The Kier molecular flexibility index (Phi) is 3.49. The highest BCUT2D eigenvalue weighted by Crippen LogP contribution is 2.27. The molecule has 1 fully saturated rings. The molecule has 2 aromatic rings. The Balaban J connectivity index is 1.91. The van der Waals surface area contributed by atoms with Gasteiger partial charge in [-0.3, -0.25) is 5.01 Å². The van der Waals surface area contributed by atoms with Crippen molar-refractivity contribution in [3.63, 3.8) is 0 Å². The van der Waals surface area contributed by atoms with Crippen molar-refractivity contribution in [2.75, 3.05) is 26.3 Å². The number of morpholine rings is 1.